The van der Waals surface area contributed by atoms with Crippen LogP contribution in [0.25, 0.3) is 0 Å². The minimum Gasteiger partial charge on any atom is -0.491 e. The van der Waals surface area contributed by atoms with Crippen LogP contribution in [-0.2, 0) is 11.2 Å². The van der Waals surface area contributed by atoms with Crippen LogP contribution < -0.4 is 14.8 Å². The molecule has 1 amide bonds. The Morgan fingerprint density at radius 3 is 2.00 bits per heavy atom. The fraction of sp³-hybridized carbons (Fsp3) is 0.381. The number of carbonyl (C=O) groups is 1. The largest absolute Gasteiger partial charge is 0.491 e. The van der Waals surface area contributed by atoms with Crippen LogP contribution in [0.2, 0.25) is 0 Å². The lowest BCUT2D eigenvalue weighted by Gasteiger charge is -2.18. The third-order valence-corrected chi connectivity index (χ3v) is 3.77. The van der Waals surface area contributed by atoms with Gasteiger partial charge in [0.05, 0.1) is 6.10 Å². The minimum atomic E-state index is -0.529. The molecule has 0 aromatic heterocycles. The highest BCUT2D eigenvalue weighted by Gasteiger charge is 2.18. The molecular weight excluding hydrogens is 314 g/mol. The van der Waals surface area contributed by atoms with Crippen LogP contribution in [0, 0.1) is 0 Å². The first-order valence-electron chi connectivity index (χ1n) is 8.85. The molecule has 25 heavy (non-hydrogen) atoms. The van der Waals surface area contributed by atoms with E-state index in [-0.39, 0.29) is 12.0 Å². The fourth-order valence-electron chi connectivity index (χ4n) is 2.40. The van der Waals surface area contributed by atoms with Crippen LogP contribution in [0.1, 0.15) is 39.7 Å². The predicted molar refractivity (Wildman–Crippen MR) is 101 cm³/mol. The number of carbonyl (C=O) groups excluding carboxylic acids is 1. The lowest BCUT2D eigenvalue weighted by atomic mass is 10.1. The highest BCUT2D eigenvalue weighted by molar-refractivity contribution is 5.94. The number of benzene rings is 2. The molecule has 0 saturated carbocycles. The molecule has 0 aliphatic heterocycles. The third kappa shape index (κ3) is 5.82. The Balaban J connectivity index is 1.96. The summed E-state index contributed by atoms with van der Waals surface area (Å²) in [4.78, 5) is 12.5. The van der Waals surface area contributed by atoms with Crippen LogP contribution in [0.3, 0.4) is 0 Å². The van der Waals surface area contributed by atoms with Crippen molar-refractivity contribution in [2.24, 2.45) is 0 Å². The van der Waals surface area contributed by atoms with Crippen LogP contribution in [0.4, 0.5) is 5.69 Å². The number of aryl methyl sites for hydroxylation is 1. The van der Waals surface area contributed by atoms with Gasteiger partial charge in [0.15, 0.2) is 6.10 Å². The van der Waals surface area contributed by atoms with E-state index in [9.17, 15) is 4.79 Å². The highest BCUT2D eigenvalue weighted by Crippen LogP contribution is 2.19. The Hall–Kier alpha value is -2.49. The van der Waals surface area contributed by atoms with Crippen molar-refractivity contribution < 1.29 is 14.3 Å². The van der Waals surface area contributed by atoms with E-state index in [2.05, 4.69) is 12.2 Å². The van der Waals surface area contributed by atoms with E-state index in [1.807, 2.05) is 69.3 Å². The van der Waals surface area contributed by atoms with E-state index < -0.39 is 6.10 Å². The van der Waals surface area contributed by atoms with Crippen LogP contribution in [-0.4, -0.2) is 18.1 Å². The van der Waals surface area contributed by atoms with Gasteiger partial charge in [0, 0.05) is 5.69 Å². The van der Waals surface area contributed by atoms with Gasteiger partial charge in [-0.2, -0.15) is 0 Å². The molecule has 0 radical (unpaired) electrons. The highest BCUT2D eigenvalue weighted by atomic mass is 16.5. The molecule has 4 nitrogen and oxygen atoms in total. The van der Waals surface area contributed by atoms with Gasteiger partial charge in [-0.25, -0.2) is 0 Å². The number of rotatable bonds is 8. The van der Waals surface area contributed by atoms with Gasteiger partial charge in [-0.3, -0.25) is 4.79 Å². The molecule has 0 aliphatic rings. The van der Waals surface area contributed by atoms with E-state index in [0.29, 0.717) is 12.2 Å². The second kappa shape index (κ2) is 9.11. The first-order chi connectivity index (χ1) is 12.0. The molecule has 0 spiro atoms. The number of anilines is 1. The van der Waals surface area contributed by atoms with Gasteiger partial charge in [0.1, 0.15) is 11.5 Å². The van der Waals surface area contributed by atoms with Crippen LogP contribution in [0.5, 0.6) is 11.5 Å². The van der Waals surface area contributed by atoms with E-state index in [1.54, 1.807) is 0 Å². The molecule has 0 aliphatic carbocycles. The zero-order valence-corrected chi connectivity index (χ0v) is 15.4. The van der Waals surface area contributed by atoms with E-state index in [0.717, 1.165) is 17.9 Å². The Morgan fingerprint density at radius 1 is 0.920 bits per heavy atom. The second-order valence-electron chi connectivity index (χ2n) is 6.19. The van der Waals surface area contributed by atoms with Gasteiger partial charge < -0.3 is 14.8 Å². The molecule has 2 aromatic carbocycles. The van der Waals surface area contributed by atoms with Gasteiger partial charge in [0.2, 0.25) is 0 Å². The van der Waals surface area contributed by atoms with Crippen molar-refractivity contribution in [2.75, 3.05) is 5.32 Å². The smallest absolute Gasteiger partial charge is 0.265 e. The lowest BCUT2D eigenvalue weighted by molar-refractivity contribution is -0.122. The molecule has 0 unspecified atom stereocenters. The van der Waals surface area contributed by atoms with Crippen molar-refractivity contribution in [1.82, 2.24) is 0 Å². The van der Waals surface area contributed by atoms with Gasteiger partial charge >= 0.3 is 0 Å². The molecule has 0 bridgehead atoms. The molecular formula is C21H27NO3. The van der Waals surface area contributed by atoms with E-state index >= 15 is 0 Å². The van der Waals surface area contributed by atoms with Gasteiger partial charge in [-0.15, -0.1) is 0 Å². The first kappa shape index (κ1) is 18.8. The van der Waals surface area contributed by atoms with Crippen molar-refractivity contribution in [3.8, 4) is 11.5 Å². The molecule has 0 saturated heterocycles. The minimum absolute atomic E-state index is 0.123. The molecule has 1 N–H and O–H groups in total. The van der Waals surface area contributed by atoms with Crippen molar-refractivity contribution in [3.05, 3.63) is 54.1 Å². The quantitative estimate of drug-likeness (QED) is 0.748. The molecule has 4 heteroatoms. The van der Waals surface area contributed by atoms with Crippen molar-refractivity contribution in [2.45, 2.75) is 52.7 Å². The Bertz CT molecular complexity index is 663. The number of hydrogen-bond acceptors (Lipinski definition) is 3. The second-order valence-corrected chi connectivity index (χ2v) is 6.19. The lowest BCUT2D eigenvalue weighted by Crippen LogP contribution is -2.32. The molecule has 2 rings (SSSR count). The summed E-state index contributed by atoms with van der Waals surface area (Å²) in [6, 6.07) is 15.2. The molecule has 0 heterocycles. The standard InChI is InChI=1S/C21H27NO3/c1-5-16-7-11-19(12-8-16)25-20(6-2)21(23)22-17-9-13-18(14-10-17)24-15(3)4/h7-15,20H,5-6H2,1-4H3,(H,22,23)/t20-/m0/s1. The zero-order valence-electron chi connectivity index (χ0n) is 15.4. The maximum absolute atomic E-state index is 12.5. The van der Waals surface area contributed by atoms with Gasteiger partial charge in [-0.05, 0) is 68.7 Å². The fourth-order valence-corrected chi connectivity index (χ4v) is 2.40. The zero-order chi connectivity index (χ0) is 18.2. The average molecular weight is 341 g/mol. The van der Waals surface area contributed by atoms with Crippen LogP contribution >= 0.6 is 0 Å². The molecule has 1 atom stereocenters. The first-order valence-corrected chi connectivity index (χ1v) is 8.85. The third-order valence-electron chi connectivity index (χ3n) is 3.77. The van der Waals surface area contributed by atoms with Crippen molar-refractivity contribution in [1.29, 1.82) is 0 Å². The van der Waals surface area contributed by atoms with E-state index in [1.165, 1.54) is 5.56 Å². The monoisotopic (exact) mass is 341 g/mol. The molecule has 134 valence electrons. The Kier molecular flexibility index (Phi) is 6.87. The SMILES string of the molecule is CCc1ccc(O[C@@H](CC)C(=O)Nc2ccc(OC(C)C)cc2)cc1. The predicted octanol–water partition coefficient (Wildman–Crippen LogP) is 4.83. The summed E-state index contributed by atoms with van der Waals surface area (Å²) in [7, 11) is 0. The summed E-state index contributed by atoms with van der Waals surface area (Å²) in [6.07, 6.45) is 1.17. The van der Waals surface area contributed by atoms with Gasteiger partial charge in [-0.1, -0.05) is 26.0 Å². The summed E-state index contributed by atoms with van der Waals surface area (Å²) >= 11 is 0. The number of ether oxygens (including phenoxy) is 2. The average Bonchev–Trinajstić information content (AvgIpc) is 2.61. The Labute approximate surface area is 150 Å². The summed E-state index contributed by atoms with van der Waals surface area (Å²) in [5, 5.41) is 2.90. The number of hydrogen-bond donors (Lipinski definition) is 1. The summed E-state index contributed by atoms with van der Waals surface area (Å²) in [5.74, 6) is 1.34. The topological polar surface area (TPSA) is 47.6 Å². The summed E-state index contributed by atoms with van der Waals surface area (Å²) in [6.45, 7) is 8.00. The molecule has 2 aromatic rings. The number of nitrogens with one attached hydrogen (secondary N) is 1. The summed E-state index contributed by atoms with van der Waals surface area (Å²) < 4.78 is 11.4. The number of amides is 1. The van der Waals surface area contributed by atoms with Crippen molar-refractivity contribution in [3.63, 3.8) is 0 Å². The maximum Gasteiger partial charge on any atom is 0.265 e. The van der Waals surface area contributed by atoms with E-state index in [4.69, 9.17) is 9.47 Å². The summed E-state index contributed by atoms with van der Waals surface area (Å²) in [5.41, 5.74) is 1.97. The van der Waals surface area contributed by atoms with Crippen LogP contribution in [0.15, 0.2) is 48.5 Å². The Morgan fingerprint density at radius 2 is 1.48 bits per heavy atom. The molecule has 0 fully saturated rings. The normalized spacial score (nSPS) is 11.9. The maximum atomic E-state index is 12.5. The van der Waals surface area contributed by atoms with Crippen molar-refractivity contribution >= 4 is 11.6 Å². The van der Waals surface area contributed by atoms with Gasteiger partial charge in [0.25, 0.3) is 5.91 Å².